The molecule has 2 N–H and O–H groups in total. The maximum Gasteiger partial charge on any atom is 0.105 e. The number of nitrogens with two attached hydrogens (primary N) is 1. The summed E-state index contributed by atoms with van der Waals surface area (Å²) in [6, 6.07) is 4.12. The van der Waals surface area contributed by atoms with Crippen LogP contribution in [0.25, 0.3) is 0 Å². The van der Waals surface area contributed by atoms with Gasteiger partial charge in [-0.05, 0) is 25.0 Å². The van der Waals surface area contributed by atoms with E-state index in [4.69, 9.17) is 14.9 Å². The van der Waals surface area contributed by atoms with E-state index in [2.05, 4.69) is 4.90 Å². The molecule has 1 atom stereocenters. The summed E-state index contributed by atoms with van der Waals surface area (Å²) in [5.74, 6) is 1.01. The Kier molecular flexibility index (Phi) is 3.91. The van der Waals surface area contributed by atoms with Crippen molar-refractivity contribution in [3.8, 4) is 0 Å². The van der Waals surface area contributed by atoms with Gasteiger partial charge in [-0.2, -0.15) is 0 Å². The molecule has 4 nitrogen and oxygen atoms in total. The van der Waals surface area contributed by atoms with Crippen LogP contribution in [0.4, 0.5) is 0 Å². The lowest BCUT2D eigenvalue weighted by molar-refractivity contribution is -0.0310. The number of ether oxygens (including phenoxy) is 1. The fourth-order valence-corrected chi connectivity index (χ4v) is 3.75. The monoisotopic (exact) mass is 264 g/mol. The number of nitrogens with zero attached hydrogens (tertiary/aromatic N) is 1. The number of morpholine rings is 1. The van der Waals surface area contributed by atoms with Crippen LogP contribution < -0.4 is 5.73 Å². The summed E-state index contributed by atoms with van der Waals surface area (Å²) in [6.07, 6.45) is 7.60. The van der Waals surface area contributed by atoms with Crippen LogP contribution in [-0.4, -0.2) is 42.8 Å². The van der Waals surface area contributed by atoms with Gasteiger partial charge < -0.3 is 14.9 Å². The first-order valence-corrected chi connectivity index (χ1v) is 7.42. The Morgan fingerprint density at radius 2 is 2.00 bits per heavy atom. The minimum atomic E-state index is 0.152. The number of furan rings is 1. The lowest BCUT2D eigenvalue weighted by Crippen LogP contribution is -2.61. The van der Waals surface area contributed by atoms with Crippen LogP contribution in [0.2, 0.25) is 0 Å². The zero-order chi connectivity index (χ0) is 13.1. The molecule has 2 heterocycles. The van der Waals surface area contributed by atoms with Gasteiger partial charge in [0.25, 0.3) is 0 Å². The summed E-state index contributed by atoms with van der Waals surface area (Å²) in [5, 5.41) is 0. The summed E-state index contributed by atoms with van der Waals surface area (Å²) >= 11 is 0. The van der Waals surface area contributed by atoms with Gasteiger partial charge in [-0.15, -0.1) is 0 Å². The summed E-state index contributed by atoms with van der Waals surface area (Å²) in [7, 11) is 0. The minimum Gasteiger partial charge on any atom is -0.469 e. The summed E-state index contributed by atoms with van der Waals surface area (Å²) in [5.41, 5.74) is 6.76. The first-order chi connectivity index (χ1) is 9.31. The van der Waals surface area contributed by atoms with Gasteiger partial charge in [-0.1, -0.05) is 12.8 Å². The molecule has 1 aliphatic heterocycles. The van der Waals surface area contributed by atoms with Crippen molar-refractivity contribution in [3.05, 3.63) is 24.2 Å². The van der Waals surface area contributed by atoms with E-state index in [9.17, 15) is 0 Å². The highest BCUT2D eigenvalue weighted by molar-refractivity contribution is 5.09. The van der Waals surface area contributed by atoms with Crippen LogP contribution in [0.1, 0.15) is 31.4 Å². The molecule has 19 heavy (non-hydrogen) atoms. The molecule has 3 rings (SSSR count). The van der Waals surface area contributed by atoms with E-state index in [1.54, 1.807) is 6.26 Å². The third kappa shape index (κ3) is 2.57. The lowest BCUT2D eigenvalue weighted by atomic mass is 9.84. The van der Waals surface area contributed by atoms with E-state index in [1.165, 1.54) is 25.7 Å². The van der Waals surface area contributed by atoms with Crippen molar-refractivity contribution in [1.82, 2.24) is 4.90 Å². The largest absolute Gasteiger partial charge is 0.469 e. The maximum atomic E-state index is 6.59. The summed E-state index contributed by atoms with van der Waals surface area (Å²) < 4.78 is 11.0. The van der Waals surface area contributed by atoms with Crippen molar-refractivity contribution >= 4 is 0 Å². The van der Waals surface area contributed by atoms with E-state index < -0.39 is 0 Å². The quantitative estimate of drug-likeness (QED) is 0.901. The zero-order valence-corrected chi connectivity index (χ0v) is 11.5. The molecule has 1 saturated carbocycles. The molecule has 1 unspecified atom stereocenters. The van der Waals surface area contributed by atoms with Crippen LogP contribution in [0.15, 0.2) is 22.8 Å². The molecule has 1 aromatic rings. The fraction of sp³-hybridized carbons (Fsp3) is 0.733. The van der Waals surface area contributed by atoms with Gasteiger partial charge >= 0.3 is 0 Å². The minimum absolute atomic E-state index is 0.152. The van der Waals surface area contributed by atoms with Crippen molar-refractivity contribution in [1.29, 1.82) is 0 Å². The van der Waals surface area contributed by atoms with Crippen LogP contribution in [0, 0.1) is 0 Å². The molecule has 0 aromatic carbocycles. The molecule has 1 aliphatic carbocycles. The molecule has 106 valence electrons. The molecular weight excluding hydrogens is 240 g/mol. The third-order valence-electron chi connectivity index (χ3n) is 4.80. The summed E-state index contributed by atoms with van der Waals surface area (Å²) in [6.45, 7) is 3.72. The van der Waals surface area contributed by atoms with E-state index in [0.717, 1.165) is 38.5 Å². The Morgan fingerprint density at radius 1 is 1.26 bits per heavy atom. The van der Waals surface area contributed by atoms with Gasteiger partial charge in [-0.25, -0.2) is 0 Å². The van der Waals surface area contributed by atoms with Crippen molar-refractivity contribution in [3.63, 3.8) is 0 Å². The maximum absolute atomic E-state index is 6.59. The Balaban J connectivity index is 1.75. The average molecular weight is 264 g/mol. The predicted molar refractivity (Wildman–Crippen MR) is 74.0 cm³/mol. The van der Waals surface area contributed by atoms with Crippen molar-refractivity contribution in [2.24, 2.45) is 5.73 Å². The second-order valence-corrected chi connectivity index (χ2v) is 5.80. The average Bonchev–Trinajstić information content (AvgIpc) is 3.11. The lowest BCUT2D eigenvalue weighted by Gasteiger charge is -2.47. The number of hydrogen-bond donors (Lipinski definition) is 1. The Hall–Kier alpha value is -0.840. The second kappa shape index (κ2) is 5.65. The molecule has 0 amide bonds. The molecule has 1 saturated heterocycles. The first kappa shape index (κ1) is 13.2. The first-order valence-electron chi connectivity index (χ1n) is 7.42. The molecule has 2 fully saturated rings. The van der Waals surface area contributed by atoms with Crippen LogP contribution >= 0.6 is 0 Å². The van der Waals surface area contributed by atoms with E-state index in [0.29, 0.717) is 0 Å². The van der Waals surface area contributed by atoms with Crippen LogP contribution in [0.3, 0.4) is 0 Å². The molecular formula is C15H24N2O2. The number of rotatable bonds is 4. The van der Waals surface area contributed by atoms with Crippen LogP contribution in [0.5, 0.6) is 0 Å². The molecule has 0 spiro atoms. The van der Waals surface area contributed by atoms with Crippen LogP contribution in [-0.2, 0) is 11.2 Å². The smallest absolute Gasteiger partial charge is 0.105 e. The van der Waals surface area contributed by atoms with E-state index in [1.807, 2.05) is 12.1 Å². The molecule has 0 bridgehead atoms. The van der Waals surface area contributed by atoms with Gasteiger partial charge in [-0.3, -0.25) is 4.90 Å². The van der Waals surface area contributed by atoms with Crippen molar-refractivity contribution in [2.45, 2.75) is 43.7 Å². The SMILES string of the molecule is NC(Cc1ccco1)C1(N2CCOCC2)CCCC1. The molecule has 2 aliphatic rings. The highest BCUT2D eigenvalue weighted by Gasteiger charge is 2.44. The zero-order valence-electron chi connectivity index (χ0n) is 11.5. The molecule has 1 aromatic heterocycles. The highest BCUT2D eigenvalue weighted by atomic mass is 16.5. The third-order valence-corrected chi connectivity index (χ3v) is 4.80. The van der Waals surface area contributed by atoms with Crippen molar-refractivity contribution < 1.29 is 9.15 Å². The number of hydrogen-bond acceptors (Lipinski definition) is 4. The molecule has 0 radical (unpaired) electrons. The van der Waals surface area contributed by atoms with Gasteiger partial charge in [0.2, 0.25) is 0 Å². The van der Waals surface area contributed by atoms with Gasteiger partial charge in [0.15, 0.2) is 0 Å². The van der Waals surface area contributed by atoms with E-state index >= 15 is 0 Å². The Bertz CT molecular complexity index is 379. The molecule has 4 heteroatoms. The van der Waals surface area contributed by atoms with E-state index in [-0.39, 0.29) is 11.6 Å². The topological polar surface area (TPSA) is 51.6 Å². The van der Waals surface area contributed by atoms with Crippen molar-refractivity contribution in [2.75, 3.05) is 26.3 Å². The second-order valence-electron chi connectivity index (χ2n) is 5.80. The fourth-order valence-electron chi connectivity index (χ4n) is 3.75. The summed E-state index contributed by atoms with van der Waals surface area (Å²) in [4.78, 5) is 2.58. The standard InChI is InChI=1S/C15H24N2O2/c16-14(12-13-4-3-9-19-13)15(5-1-2-6-15)17-7-10-18-11-8-17/h3-4,9,14H,1-2,5-8,10-12,16H2. The van der Waals surface area contributed by atoms with Gasteiger partial charge in [0.05, 0.1) is 19.5 Å². The normalized spacial score (nSPS) is 25.5. The Morgan fingerprint density at radius 3 is 2.63 bits per heavy atom. The predicted octanol–water partition coefficient (Wildman–Crippen LogP) is 1.79. The Labute approximate surface area is 114 Å². The highest BCUT2D eigenvalue weighted by Crippen LogP contribution is 2.38. The van der Waals surface area contributed by atoms with Gasteiger partial charge in [0.1, 0.15) is 5.76 Å². The van der Waals surface area contributed by atoms with Gasteiger partial charge in [0, 0.05) is 31.1 Å².